The van der Waals surface area contributed by atoms with Crippen LogP contribution in [0.4, 0.5) is 5.88 Å². The van der Waals surface area contributed by atoms with Gasteiger partial charge >= 0.3 is 0 Å². The lowest BCUT2D eigenvalue weighted by atomic mass is 10.1. The van der Waals surface area contributed by atoms with Gasteiger partial charge in [0, 0.05) is 22.7 Å². The van der Waals surface area contributed by atoms with Crippen molar-refractivity contribution in [1.29, 1.82) is 5.26 Å². The number of hydrogen-bond donors (Lipinski definition) is 0. The largest absolute Gasteiger partial charge is 0.437 e. The lowest BCUT2D eigenvalue weighted by molar-refractivity contribution is 0.592. The number of nitriles is 1. The fraction of sp³-hybridized carbons (Fsp3) is 0. The predicted octanol–water partition coefficient (Wildman–Crippen LogP) is 4.63. The second kappa shape index (κ2) is 5.55. The summed E-state index contributed by atoms with van der Waals surface area (Å²) in [5, 5.41) is 11.1. The summed E-state index contributed by atoms with van der Waals surface area (Å²) in [6, 6.07) is 17.4. The molecule has 1 aromatic carbocycles. The third kappa shape index (κ3) is 2.53. The Morgan fingerprint density at radius 3 is 2.70 bits per heavy atom. The number of furan rings is 1. The molecule has 2 heterocycles. The summed E-state index contributed by atoms with van der Waals surface area (Å²) >= 11 is 1.58. The van der Waals surface area contributed by atoms with Crippen LogP contribution in [0.2, 0.25) is 0 Å². The van der Waals surface area contributed by atoms with E-state index in [4.69, 9.17) is 9.68 Å². The van der Waals surface area contributed by atoms with Gasteiger partial charge in [0.25, 0.3) is 0 Å². The van der Waals surface area contributed by atoms with Crippen molar-refractivity contribution in [2.24, 2.45) is 4.99 Å². The highest BCUT2D eigenvalue weighted by Crippen LogP contribution is 2.30. The average molecular weight is 278 g/mol. The zero-order valence-electron chi connectivity index (χ0n) is 10.5. The van der Waals surface area contributed by atoms with Crippen molar-refractivity contribution in [2.45, 2.75) is 0 Å². The maximum absolute atomic E-state index is 9.15. The van der Waals surface area contributed by atoms with Gasteiger partial charge in [-0.2, -0.15) is 5.26 Å². The van der Waals surface area contributed by atoms with E-state index in [1.165, 1.54) is 0 Å². The molecule has 0 bridgehead atoms. The predicted molar refractivity (Wildman–Crippen MR) is 80.4 cm³/mol. The van der Waals surface area contributed by atoms with E-state index in [0.29, 0.717) is 17.2 Å². The Kier molecular flexibility index (Phi) is 3.44. The van der Waals surface area contributed by atoms with Crippen LogP contribution in [0.3, 0.4) is 0 Å². The SMILES string of the molecule is N#Cc1cc(-c2ccccc2)oc1/N=C/c1cccs1. The van der Waals surface area contributed by atoms with Gasteiger partial charge in [0.05, 0.1) is 0 Å². The molecule has 0 aliphatic heterocycles. The maximum atomic E-state index is 9.15. The molecule has 0 saturated heterocycles. The van der Waals surface area contributed by atoms with E-state index < -0.39 is 0 Å². The normalized spacial score (nSPS) is 10.8. The zero-order valence-corrected chi connectivity index (χ0v) is 11.3. The molecule has 2 aromatic heterocycles. The first-order chi connectivity index (χ1) is 9.86. The number of hydrogen-bond acceptors (Lipinski definition) is 4. The van der Waals surface area contributed by atoms with E-state index in [0.717, 1.165) is 10.4 Å². The molecule has 0 spiro atoms. The Morgan fingerprint density at radius 1 is 1.15 bits per heavy atom. The first-order valence-corrected chi connectivity index (χ1v) is 6.92. The maximum Gasteiger partial charge on any atom is 0.237 e. The van der Waals surface area contributed by atoms with Crippen LogP contribution in [-0.2, 0) is 0 Å². The van der Waals surface area contributed by atoms with Crippen molar-refractivity contribution in [1.82, 2.24) is 0 Å². The van der Waals surface area contributed by atoms with Crippen molar-refractivity contribution in [3.63, 3.8) is 0 Å². The van der Waals surface area contributed by atoms with Crippen LogP contribution in [0.25, 0.3) is 11.3 Å². The minimum absolute atomic E-state index is 0.347. The molecule has 3 aromatic rings. The molecule has 20 heavy (non-hydrogen) atoms. The first-order valence-electron chi connectivity index (χ1n) is 6.04. The summed E-state index contributed by atoms with van der Waals surface area (Å²) in [5.74, 6) is 1.00. The van der Waals surface area contributed by atoms with Gasteiger partial charge in [-0.05, 0) is 11.4 Å². The summed E-state index contributed by atoms with van der Waals surface area (Å²) in [5.41, 5.74) is 1.37. The van der Waals surface area contributed by atoms with E-state index >= 15 is 0 Å². The molecule has 0 N–H and O–H groups in total. The highest BCUT2D eigenvalue weighted by atomic mass is 32.1. The molecule has 0 atom stereocenters. The molecular weight excluding hydrogens is 268 g/mol. The second-order valence-corrected chi connectivity index (χ2v) is 5.06. The topological polar surface area (TPSA) is 49.3 Å². The van der Waals surface area contributed by atoms with Crippen LogP contribution in [0.5, 0.6) is 0 Å². The van der Waals surface area contributed by atoms with Crippen molar-refractivity contribution in [3.05, 3.63) is 64.4 Å². The number of rotatable bonds is 3. The van der Waals surface area contributed by atoms with Gasteiger partial charge in [0.2, 0.25) is 5.88 Å². The highest BCUT2D eigenvalue weighted by Gasteiger charge is 2.11. The molecule has 0 unspecified atom stereocenters. The third-order valence-corrected chi connectivity index (χ3v) is 3.55. The van der Waals surface area contributed by atoms with Crippen LogP contribution in [-0.4, -0.2) is 6.21 Å². The Morgan fingerprint density at radius 2 is 2.00 bits per heavy atom. The first kappa shape index (κ1) is 12.4. The van der Waals surface area contributed by atoms with E-state index in [9.17, 15) is 0 Å². The molecule has 0 amide bonds. The quantitative estimate of drug-likeness (QED) is 0.656. The Labute approximate surface area is 120 Å². The Hall–Kier alpha value is -2.64. The highest BCUT2D eigenvalue weighted by molar-refractivity contribution is 7.11. The number of aliphatic imine (C=N–C) groups is 1. The molecule has 3 rings (SSSR count). The van der Waals surface area contributed by atoms with Gasteiger partial charge in [0.1, 0.15) is 17.4 Å². The van der Waals surface area contributed by atoms with Gasteiger partial charge in [-0.25, -0.2) is 4.99 Å². The molecule has 0 saturated carbocycles. The lowest BCUT2D eigenvalue weighted by Crippen LogP contribution is -1.71. The summed E-state index contributed by atoms with van der Waals surface area (Å²) < 4.78 is 5.67. The van der Waals surface area contributed by atoms with E-state index in [2.05, 4.69) is 11.1 Å². The molecule has 4 heteroatoms. The number of thiophene rings is 1. The number of benzene rings is 1. The Bertz CT molecular complexity index is 765. The third-order valence-electron chi connectivity index (χ3n) is 2.74. The number of nitrogens with zero attached hydrogens (tertiary/aromatic N) is 2. The molecule has 0 radical (unpaired) electrons. The van der Waals surface area contributed by atoms with Crippen LogP contribution >= 0.6 is 11.3 Å². The Balaban J connectivity index is 1.96. The minimum atomic E-state index is 0.347. The van der Waals surface area contributed by atoms with Gasteiger partial charge in [0.15, 0.2) is 0 Å². The standard InChI is InChI=1S/C16H10N2OS/c17-10-13-9-15(12-5-2-1-3-6-12)19-16(13)18-11-14-7-4-8-20-14/h1-9,11H/b18-11+. The molecule has 0 fully saturated rings. The minimum Gasteiger partial charge on any atom is -0.437 e. The van der Waals surface area contributed by atoms with E-state index in [1.807, 2.05) is 47.8 Å². The zero-order chi connectivity index (χ0) is 13.8. The fourth-order valence-corrected chi connectivity index (χ4v) is 2.37. The van der Waals surface area contributed by atoms with Gasteiger partial charge in [-0.3, -0.25) is 0 Å². The van der Waals surface area contributed by atoms with Gasteiger partial charge in [-0.1, -0.05) is 36.4 Å². The van der Waals surface area contributed by atoms with Crippen molar-refractivity contribution < 1.29 is 4.42 Å². The van der Waals surface area contributed by atoms with Crippen molar-refractivity contribution >= 4 is 23.4 Å². The lowest BCUT2D eigenvalue weighted by Gasteiger charge is -1.93. The second-order valence-electron chi connectivity index (χ2n) is 4.08. The summed E-state index contributed by atoms with van der Waals surface area (Å²) in [7, 11) is 0. The van der Waals surface area contributed by atoms with Gasteiger partial charge < -0.3 is 4.42 Å². The van der Waals surface area contributed by atoms with Crippen LogP contribution < -0.4 is 0 Å². The van der Waals surface area contributed by atoms with E-state index in [-0.39, 0.29) is 0 Å². The average Bonchev–Trinajstić information content (AvgIpc) is 3.15. The molecular formula is C16H10N2OS. The summed E-state index contributed by atoms with van der Waals surface area (Å²) in [6.45, 7) is 0. The summed E-state index contributed by atoms with van der Waals surface area (Å²) in [6.07, 6.45) is 1.71. The van der Waals surface area contributed by atoms with Crippen molar-refractivity contribution in [2.75, 3.05) is 0 Å². The van der Waals surface area contributed by atoms with Crippen LogP contribution in [0.1, 0.15) is 10.4 Å². The monoisotopic (exact) mass is 278 g/mol. The van der Waals surface area contributed by atoms with Gasteiger partial charge in [-0.15, -0.1) is 11.3 Å². The molecule has 0 aliphatic rings. The van der Waals surface area contributed by atoms with E-state index in [1.54, 1.807) is 23.6 Å². The summed E-state index contributed by atoms with van der Waals surface area (Å²) in [4.78, 5) is 5.28. The fourth-order valence-electron chi connectivity index (χ4n) is 1.79. The molecule has 3 nitrogen and oxygen atoms in total. The van der Waals surface area contributed by atoms with Crippen molar-refractivity contribution in [3.8, 4) is 17.4 Å². The molecule has 96 valence electrons. The molecule has 0 aliphatic carbocycles. The van der Waals surface area contributed by atoms with Crippen LogP contribution in [0.15, 0.2) is 63.3 Å². The smallest absolute Gasteiger partial charge is 0.237 e. The van der Waals surface area contributed by atoms with Crippen LogP contribution in [0, 0.1) is 11.3 Å².